The highest BCUT2D eigenvalue weighted by Crippen LogP contribution is 2.36. The van der Waals surface area contributed by atoms with Gasteiger partial charge in [-0.1, -0.05) is 15.9 Å². The molecule has 0 unspecified atom stereocenters. The molecule has 3 nitrogen and oxygen atoms in total. The average molecular weight is 381 g/mol. The first-order chi connectivity index (χ1) is 9.73. The Balaban J connectivity index is 2.40. The van der Waals surface area contributed by atoms with E-state index in [1.807, 2.05) is 0 Å². The van der Waals surface area contributed by atoms with Gasteiger partial charge in [-0.25, -0.2) is 0 Å². The third kappa shape index (κ3) is 3.49. The van der Waals surface area contributed by atoms with Crippen LogP contribution in [0.1, 0.15) is 16.6 Å². The van der Waals surface area contributed by atoms with Crippen molar-refractivity contribution in [1.82, 2.24) is 4.90 Å². The normalized spacial score (nSPS) is 11.9. The quantitative estimate of drug-likeness (QED) is 0.863. The van der Waals surface area contributed by atoms with Gasteiger partial charge in [-0.15, -0.1) is 11.3 Å². The summed E-state index contributed by atoms with van der Waals surface area (Å²) in [4.78, 5) is 13.2. The predicted octanol–water partition coefficient (Wildman–Crippen LogP) is 4.27. The van der Waals surface area contributed by atoms with Gasteiger partial charge in [0.15, 0.2) is 0 Å². The number of nitrogen functional groups attached to an aromatic ring is 1. The fraction of sp³-hybridized carbons (Fsp3) is 0.308. The molecule has 0 spiro atoms. The van der Waals surface area contributed by atoms with Crippen LogP contribution in [0.5, 0.6) is 0 Å². The van der Waals surface area contributed by atoms with Crippen molar-refractivity contribution in [3.05, 3.63) is 27.5 Å². The number of anilines is 1. The van der Waals surface area contributed by atoms with Crippen LogP contribution >= 0.6 is 27.3 Å². The number of carbonyl (C=O) groups is 1. The lowest BCUT2D eigenvalue weighted by atomic mass is 10.2. The van der Waals surface area contributed by atoms with Gasteiger partial charge in [-0.2, -0.15) is 13.2 Å². The van der Waals surface area contributed by atoms with Crippen LogP contribution in [0.4, 0.5) is 18.9 Å². The fourth-order valence-corrected chi connectivity index (χ4v) is 3.37. The maximum absolute atomic E-state index is 12.5. The van der Waals surface area contributed by atoms with Crippen molar-refractivity contribution < 1.29 is 18.0 Å². The highest BCUT2D eigenvalue weighted by atomic mass is 79.9. The zero-order chi connectivity index (χ0) is 15.8. The van der Waals surface area contributed by atoms with Crippen LogP contribution in [-0.4, -0.2) is 30.1 Å². The fourth-order valence-electron chi connectivity index (χ4n) is 1.94. The summed E-state index contributed by atoms with van der Waals surface area (Å²) in [5, 5.41) is 0.667. The number of halogens is 4. The summed E-state index contributed by atoms with van der Waals surface area (Å²) in [7, 11) is 0. The third-order valence-corrected chi connectivity index (χ3v) is 4.59. The molecular weight excluding hydrogens is 369 g/mol. The standard InChI is InChI=1S/C13H12BrF3N2OS/c1-2-19(6-13(15,16)17)12(20)11-10(18)8-5-7(14)3-4-9(8)21-11/h3-5H,2,6,18H2,1H3. The van der Waals surface area contributed by atoms with Crippen molar-refractivity contribution >= 4 is 48.9 Å². The SMILES string of the molecule is CCN(CC(F)(F)F)C(=O)c1sc2ccc(Br)cc2c1N. The van der Waals surface area contributed by atoms with E-state index in [1.165, 1.54) is 6.92 Å². The topological polar surface area (TPSA) is 46.3 Å². The summed E-state index contributed by atoms with van der Waals surface area (Å²) in [6.07, 6.45) is -4.43. The minimum atomic E-state index is -4.43. The van der Waals surface area contributed by atoms with E-state index >= 15 is 0 Å². The zero-order valence-corrected chi connectivity index (χ0v) is 13.4. The molecule has 0 saturated heterocycles. The Kier molecular flexibility index (Phi) is 4.48. The number of nitrogens with two attached hydrogens (primary N) is 1. The number of nitrogens with zero attached hydrogens (tertiary/aromatic N) is 1. The van der Waals surface area contributed by atoms with E-state index in [4.69, 9.17) is 5.73 Å². The second kappa shape index (κ2) is 5.84. The largest absolute Gasteiger partial charge is 0.406 e. The summed E-state index contributed by atoms with van der Waals surface area (Å²) in [5.41, 5.74) is 6.15. The Morgan fingerprint density at radius 2 is 2.10 bits per heavy atom. The molecule has 1 aromatic heterocycles. The predicted molar refractivity (Wildman–Crippen MR) is 81.6 cm³/mol. The summed E-state index contributed by atoms with van der Waals surface area (Å²) in [6.45, 7) is 0.194. The van der Waals surface area contributed by atoms with Gasteiger partial charge in [-0.3, -0.25) is 4.79 Å². The molecule has 2 aromatic rings. The first-order valence-corrected chi connectivity index (χ1v) is 7.67. The molecule has 0 radical (unpaired) electrons. The molecule has 0 aliphatic carbocycles. The number of alkyl halides is 3. The number of hydrogen-bond acceptors (Lipinski definition) is 3. The molecule has 2 rings (SSSR count). The van der Waals surface area contributed by atoms with Crippen molar-refractivity contribution in [2.45, 2.75) is 13.1 Å². The molecule has 2 N–H and O–H groups in total. The molecule has 0 aliphatic rings. The number of rotatable bonds is 3. The lowest BCUT2D eigenvalue weighted by Gasteiger charge is -2.21. The lowest BCUT2D eigenvalue weighted by Crippen LogP contribution is -2.38. The van der Waals surface area contributed by atoms with Gasteiger partial charge >= 0.3 is 6.18 Å². The van der Waals surface area contributed by atoms with Gasteiger partial charge in [0.05, 0.1) is 5.69 Å². The zero-order valence-electron chi connectivity index (χ0n) is 11.0. The monoisotopic (exact) mass is 380 g/mol. The molecule has 0 saturated carbocycles. The molecule has 0 bridgehead atoms. The smallest absolute Gasteiger partial charge is 0.397 e. The van der Waals surface area contributed by atoms with E-state index in [9.17, 15) is 18.0 Å². The van der Waals surface area contributed by atoms with E-state index in [-0.39, 0.29) is 17.1 Å². The second-order valence-corrected chi connectivity index (χ2v) is 6.39. The molecule has 114 valence electrons. The average Bonchev–Trinajstić information content (AvgIpc) is 2.71. The van der Waals surface area contributed by atoms with Crippen molar-refractivity contribution in [1.29, 1.82) is 0 Å². The van der Waals surface area contributed by atoms with Gasteiger partial charge in [-0.05, 0) is 25.1 Å². The van der Waals surface area contributed by atoms with Crippen LogP contribution in [0, 0.1) is 0 Å². The minimum Gasteiger partial charge on any atom is -0.397 e. The second-order valence-electron chi connectivity index (χ2n) is 4.42. The molecule has 0 aliphatic heterocycles. The van der Waals surface area contributed by atoms with Gasteiger partial charge in [0.1, 0.15) is 11.4 Å². The van der Waals surface area contributed by atoms with Crippen molar-refractivity contribution in [2.24, 2.45) is 0 Å². The van der Waals surface area contributed by atoms with Gasteiger partial charge < -0.3 is 10.6 Å². The number of amides is 1. The van der Waals surface area contributed by atoms with Crippen LogP contribution in [-0.2, 0) is 0 Å². The number of benzene rings is 1. The number of carbonyl (C=O) groups excluding carboxylic acids is 1. The minimum absolute atomic E-state index is 0.0320. The third-order valence-electron chi connectivity index (χ3n) is 2.92. The van der Waals surface area contributed by atoms with Crippen molar-refractivity contribution in [2.75, 3.05) is 18.8 Å². The molecular formula is C13H12BrF3N2OS. The Morgan fingerprint density at radius 1 is 1.43 bits per heavy atom. The molecule has 0 fully saturated rings. The summed E-state index contributed by atoms with van der Waals surface area (Å²) in [6, 6.07) is 5.31. The number of hydrogen-bond donors (Lipinski definition) is 1. The molecule has 1 heterocycles. The van der Waals surface area contributed by atoms with Gasteiger partial charge in [0.2, 0.25) is 0 Å². The van der Waals surface area contributed by atoms with Crippen molar-refractivity contribution in [3.63, 3.8) is 0 Å². The molecule has 0 atom stereocenters. The highest BCUT2D eigenvalue weighted by molar-refractivity contribution is 9.10. The Morgan fingerprint density at radius 3 is 2.67 bits per heavy atom. The Hall–Kier alpha value is -1.28. The van der Waals surface area contributed by atoms with E-state index in [0.717, 1.165) is 25.4 Å². The molecule has 1 amide bonds. The van der Waals surface area contributed by atoms with Crippen LogP contribution in [0.3, 0.4) is 0 Å². The van der Waals surface area contributed by atoms with Crippen LogP contribution < -0.4 is 5.73 Å². The molecule has 21 heavy (non-hydrogen) atoms. The lowest BCUT2D eigenvalue weighted by molar-refractivity contribution is -0.140. The van der Waals surface area contributed by atoms with E-state index in [2.05, 4.69) is 15.9 Å². The summed E-state index contributed by atoms with van der Waals surface area (Å²) >= 11 is 4.41. The molecule has 8 heteroatoms. The Labute approximate surface area is 131 Å². The summed E-state index contributed by atoms with van der Waals surface area (Å²) in [5.74, 6) is -0.690. The first-order valence-electron chi connectivity index (χ1n) is 6.06. The van der Waals surface area contributed by atoms with Crippen LogP contribution in [0.15, 0.2) is 22.7 Å². The molecule has 1 aromatic carbocycles. The maximum Gasteiger partial charge on any atom is 0.406 e. The number of fused-ring (bicyclic) bond motifs is 1. The van der Waals surface area contributed by atoms with Crippen molar-refractivity contribution in [3.8, 4) is 0 Å². The number of thiophene rings is 1. The van der Waals surface area contributed by atoms with Crippen LogP contribution in [0.25, 0.3) is 10.1 Å². The maximum atomic E-state index is 12.5. The van der Waals surface area contributed by atoms with E-state index in [0.29, 0.717) is 5.39 Å². The van der Waals surface area contributed by atoms with Gasteiger partial charge in [0.25, 0.3) is 5.91 Å². The van der Waals surface area contributed by atoms with E-state index in [1.54, 1.807) is 18.2 Å². The summed E-state index contributed by atoms with van der Waals surface area (Å²) < 4.78 is 39.1. The van der Waals surface area contributed by atoms with Gasteiger partial charge in [0, 0.05) is 21.1 Å². The van der Waals surface area contributed by atoms with Crippen LogP contribution in [0.2, 0.25) is 0 Å². The van der Waals surface area contributed by atoms with E-state index < -0.39 is 18.6 Å². The first kappa shape index (κ1) is 16.1. The Bertz CT molecular complexity index is 684. The highest BCUT2D eigenvalue weighted by Gasteiger charge is 2.33.